The van der Waals surface area contributed by atoms with Crippen molar-refractivity contribution in [3.8, 4) is 0 Å². The van der Waals surface area contributed by atoms with Crippen LogP contribution in [0.5, 0.6) is 0 Å². The maximum absolute atomic E-state index is 12.7. The molecular weight excluding hydrogens is 412 g/mol. The van der Waals surface area contributed by atoms with Crippen LogP contribution in [-0.2, 0) is 6.42 Å². The van der Waals surface area contributed by atoms with E-state index in [2.05, 4.69) is 32.7 Å². The van der Waals surface area contributed by atoms with E-state index in [1.54, 1.807) is 11.3 Å². The van der Waals surface area contributed by atoms with Crippen LogP contribution in [0.15, 0.2) is 36.5 Å². The molecule has 1 aliphatic heterocycles. The lowest BCUT2D eigenvalue weighted by atomic mass is 9.97. The Labute approximate surface area is 179 Å². The van der Waals surface area contributed by atoms with E-state index >= 15 is 0 Å². The lowest BCUT2D eigenvalue weighted by Gasteiger charge is -2.20. The third-order valence-electron chi connectivity index (χ3n) is 4.73. The number of thiazole rings is 2. The van der Waals surface area contributed by atoms with Gasteiger partial charge in [-0.05, 0) is 44.3 Å². The number of amides is 1. The molecule has 2 N–H and O–H groups in total. The molecule has 5 nitrogen and oxygen atoms in total. The van der Waals surface area contributed by atoms with E-state index in [4.69, 9.17) is 0 Å². The molecule has 0 aliphatic carbocycles. The van der Waals surface area contributed by atoms with E-state index in [0.29, 0.717) is 15.9 Å². The van der Waals surface area contributed by atoms with Crippen molar-refractivity contribution in [2.75, 3.05) is 18.4 Å². The molecule has 148 valence electrons. The number of hydrogen-bond donors (Lipinski definition) is 2. The first-order valence-electron chi connectivity index (χ1n) is 9.17. The number of nitrogens with zero attached hydrogens (tertiary/aromatic N) is 2. The van der Waals surface area contributed by atoms with Crippen LogP contribution in [-0.4, -0.2) is 29.0 Å². The van der Waals surface area contributed by atoms with Gasteiger partial charge in [-0.25, -0.2) is 9.97 Å². The summed E-state index contributed by atoms with van der Waals surface area (Å²) in [6, 6.07) is 10.2. The van der Waals surface area contributed by atoms with Crippen molar-refractivity contribution in [2.24, 2.45) is 0 Å². The molecule has 1 fully saturated rings. The molecule has 3 aromatic rings. The number of carbonyl (C=O) groups is 1. The molecule has 8 heteroatoms. The average Bonchev–Trinajstić information content (AvgIpc) is 3.30. The maximum Gasteiger partial charge on any atom is 0.269 e. The van der Waals surface area contributed by atoms with E-state index < -0.39 is 0 Å². The molecule has 28 heavy (non-hydrogen) atoms. The van der Waals surface area contributed by atoms with Gasteiger partial charge in [0, 0.05) is 17.5 Å². The highest BCUT2D eigenvalue weighted by Crippen LogP contribution is 2.32. The Bertz CT molecular complexity index is 919. The van der Waals surface area contributed by atoms with E-state index in [0.717, 1.165) is 43.1 Å². The van der Waals surface area contributed by atoms with Crippen LogP contribution in [0.3, 0.4) is 0 Å². The molecule has 3 heterocycles. The zero-order valence-corrected chi connectivity index (χ0v) is 18.1. The Balaban J connectivity index is 0.00000225. The Kier molecular flexibility index (Phi) is 7.18. The quantitative estimate of drug-likeness (QED) is 0.613. The van der Waals surface area contributed by atoms with Gasteiger partial charge in [-0.15, -0.1) is 35.1 Å². The fourth-order valence-electron chi connectivity index (χ4n) is 3.30. The normalized spacial score (nSPS) is 14.5. The highest BCUT2D eigenvalue weighted by molar-refractivity contribution is 7.16. The van der Waals surface area contributed by atoms with E-state index in [-0.39, 0.29) is 18.3 Å². The topological polar surface area (TPSA) is 66.9 Å². The first kappa shape index (κ1) is 20.9. The number of nitrogens with one attached hydrogen (secondary N) is 2. The maximum atomic E-state index is 12.7. The molecule has 1 aliphatic rings. The lowest BCUT2D eigenvalue weighted by molar-refractivity contribution is 0.103. The minimum absolute atomic E-state index is 0. The highest BCUT2D eigenvalue weighted by atomic mass is 35.5. The van der Waals surface area contributed by atoms with Crippen molar-refractivity contribution >= 4 is 46.1 Å². The van der Waals surface area contributed by atoms with Crippen LogP contribution >= 0.6 is 35.1 Å². The van der Waals surface area contributed by atoms with E-state index in [1.807, 2.05) is 31.3 Å². The SMILES string of the molecule is Cc1nc(Cc2ccccc2)sc1C(=O)Nc1ncc(C2CCNCC2)s1.Cl. The Morgan fingerprint density at radius 1 is 1.21 bits per heavy atom. The molecule has 0 saturated carbocycles. The molecule has 0 bridgehead atoms. The molecule has 4 rings (SSSR count). The van der Waals surface area contributed by atoms with Gasteiger partial charge in [-0.3, -0.25) is 10.1 Å². The molecule has 2 aromatic heterocycles. The molecule has 0 unspecified atom stereocenters. The first-order valence-corrected chi connectivity index (χ1v) is 10.8. The van der Waals surface area contributed by atoms with Crippen molar-refractivity contribution in [3.63, 3.8) is 0 Å². The van der Waals surface area contributed by atoms with Crippen LogP contribution < -0.4 is 10.6 Å². The van der Waals surface area contributed by atoms with Crippen molar-refractivity contribution < 1.29 is 4.79 Å². The van der Waals surface area contributed by atoms with E-state index in [1.165, 1.54) is 21.8 Å². The van der Waals surface area contributed by atoms with Gasteiger partial charge >= 0.3 is 0 Å². The number of aryl methyl sites for hydroxylation is 1. The molecule has 0 atom stereocenters. The molecule has 0 spiro atoms. The molecule has 1 aromatic carbocycles. The lowest BCUT2D eigenvalue weighted by Crippen LogP contribution is -2.26. The standard InChI is InChI=1S/C20H22N4OS2.ClH/c1-13-18(27-17(23-13)11-14-5-3-2-4-6-14)19(25)24-20-22-12-16(26-20)15-7-9-21-10-8-15;/h2-6,12,15,21H,7-11H2,1H3,(H,22,24,25);1H. The fraction of sp³-hybridized carbons (Fsp3) is 0.350. The van der Waals surface area contributed by atoms with Crippen LogP contribution in [0.2, 0.25) is 0 Å². The minimum Gasteiger partial charge on any atom is -0.317 e. The van der Waals surface area contributed by atoms with Gasteiger partial charge in [-0.2, -0.15) is 0 Å². The zero-order chi connectivity index (χ0) is 18.6. The Morgan fingerprint density at radius 2 is 1.96 bits per heavy atom. The van der Waals surface area contributed by atoms with Gasteiger partial charge < -0.3 is 5.32 Å². The number of benzene rings is 1. The molecule has 1 saturated heterocycles. The van der Waals surface area contributed by atoms with Crippen molar-refractivity contribution in [3.05, 3.63) is 62.5 Å². The highest BCUT2D eigenvalue weighted by Gasteiger charge is 2.20. The minimum atomic E-state index is -0.115. The van der Waals surface area contributed by atoms with Crippen LogP contribution in [0.25, 0.3) is 0 Å². The number of aromatic nitrogens is 2. The van der Waals surface area contributed by atoms with Crippen LogP contribution in [0.1, 0.15) is 49.6 Å². The summed E-state index contributed by atoms with van der Waals surface area (Å²) in [5.74, 6) is 0.438. The van der Waals surface area contributed by atoms with Gasteiger partial charge in [0.25, 0.3) is 5.91 Å². The van der Waals surface area contributed by atoms with Gasteiger partial charge in [0.2, 0.25) is 0 Å². The zero-order valence-electron chi connectivity index (χ0n) is 15.6. The van der Waals surface area contributed by atoms with Crippen molar-refractivity contribution in [2.45, 2.75) is 32.1 Å². The third-order valence-corrected chi connectivity index (χ3v) is 6.96. The summed E-state index contributed by atoms with van der Waals surface area (Å²) in [5, 5.41) is 7.97. The number of hydrogen-bond acceptors (Lipinski definition) is 6. The predicted octanol–water partition coefficient (Wildman–Crippen LogP) is 4.64. The van der Waals surface area contributed by atoms with Gasteiger partial charge in [-0.1, -0.05) is 30.3 Å². The molecule has 1 amide bonds. The number of piperidine rings is 1. The third kappa shape index (κ3) is 4.97. The van der Waals surface area contributed by atoms with E-state index in [9.17, 15) is 4.79 Å². The smallest absolute Gasteiger partial charge is 0.269 e. The van der Waals surface area contributed by atoms with Crippen LogP contribution in [0.4, 0.5) is 5.13 Å². The number of halogens is 1. The Hall–Kier alpha value is -1.80. The van der Waals surface area contributed by atoms with Crippen molar-refractivity contribution in [1.29, 1.82) is 0 Å². The molecule has 0 radical (unpaired) electrons. The fourth-order valence-corrected chi connectivity index (χ4v) is 5.28. The summed E-state index contributed by atoms with van der Waals surface area (Å²) in [6.07, 6.45) is 4.92. The average molecular weight is 435 g/mol. The number of anilines is 1. The summed E-state index contributed by atoms with van der Waals surface area (Å²) < 4.78 is 0. The van der Waals surface area contributed by atoms with Crippen LogP contribution in [0, 0.1) is 6.92 Å². The number of carbonyl (C=O) groups excluding carboxylic acids is 1. The second kappa shape index (κ2) is 9.60. The Morgan fingerprint density at radius 3 is 2.71 bits per heavy atom. The van der Waals surface area contributed by atoms with Gasteiger partial charge in [0.1, 0.15) is 4.88 Å². The van der Waals surface area contributed by atoms with Gasteiger partial charge in [0.15, 0.2) is 5.13 Å². The summed E-state index contributed by atoms with van der Waals surface area (Å²) in [5.41, 5.74) is 1.98. The van der Waals surface area contributed by atoms with Crippen molar-refractivity contribution in [1.82, 2.24) is 15.3 Å². The summed E-state index contributed by atoms with van der Waals surface area (Å²) in [6.45, 7) is 3.99. The summed E-state index contributed by atoms with van der Waals surface area (Å²) in [4.78, 5) is 23.6. The number of rotatable bonds is 5. The monoisotopic (exact) mass is 434 g/mol. The predicted molar refractivity (Wildman–Crippen MR) is 118 cm³/mol. The summed E-state index contributed by atoms with van der Waals surface area (Å²) in [7, 11) is 0. The second-order valence-corrected chi connectivity index (χ2v) is 8.88. The molecular formula is C20H23ClN4OS2. The first-order chi connectivity index (χ1) is 13.2. The summed E-state index contributed by atoms with van der Waals surface area (Å²) >= 11 is 3.05. The largest absolute Gasteiger partial charge is 0.317 e. The second-order valence-electron chi connectivity index (χ2n) is 6.73. The van der Waals surface area contributed by atoms with Gasteiger partial charge in [0.05, 0.1) is 10.7 Å².